The number of likely N-dealkylation sites (N-methyl/N-ethyl adjacent to an activating group) is 1. The molecule has 3 aromatic rings. The highest BCUT2D eigenvalue weighted by molar-refractivity contribution is 7.15. The topological polar surface area (TPSA) is 83.3 Å². The van der Waals surface area contributed by atoms with Gasteiger partial charge in [-0.15, -0.1) is 11.3 Å². The van der Waals surface area contributed by atoms with Gasteiger partial charge in [0.05, 0.1) is 0 Å². The predicted octanol–water partition coefficient (Wildman–Crippen LogP) is 5.06. The molecule has 2 aromatic carbocycles. The van der Waals surface area contributed by atoms with Crippen molar-refractivity contribution in [1.29, 1.82) is 0 Å². The first-order valence-electron chi connectivity index (χ1n) is 10.4. The van der Waals surface area contributed by atoms with Crippen molar-refractivity contribution in [1.82, 2.24) is 10.3 Å². The van der Waals surface area contributed by atoms with Gasteiger partial charge < -0.3 is 21.3 Å². The minimum atomic E-state index is -0.383. The van der Waals surface area contributed by atoms with Crippen LogP contribution in [0, 0.1) is 0 Å². The summed E-state index contributed by atoms with van der Waals surface area (Å²) in [5.74, 6) is -0.383. The Hall–Kier alpha value is -3.16. The van der Waals surface area contributed by atoms with Gasteiger partial charge in [0.2, 0.25) is 5.91 Å². The van der Waals surface area contributed by atoms with Crippen molar-refractivity contribution in [3.8, 4) is 0 Å². The van der Waals surface area contributed by atoms with Crippen LogP contribution in [-0.4, -0.2) is 31.0 Å². The molecule has 0 unspecified atom stereocenters. The lowest BCUT2D eigenvalue weighted by molar-refractivity contribution is 0.1000. The maximum absolute atomic E-state index is 11.5. The molecule has 0 spiro atoms. The number of carbonyl (C=O) groups excluding carboxylic acids is 1. The van der Waals surface area contributed by atoms with Crippen LogP contribution in [0.4, 0.5) is 10.8 Å². The van der Waals surface area contributed by atoms with Crippen molar-refractivity contribution >= 4 is 28.1 Å². The van der Waals surface area contributed by atoms with Crippen molar-refractivity contribution in [3.05, 3.63) is 88.1 Å². The zero-order valence-electron chi connectivity index (χ0n) is 17.6. The zero-order valence-corrected chi connectivity index (χ0v) is 18.4. The van der Waals surface area contributed by atoms with Gasteiger partial charge in [0.15, 0.2) is 5.13 Å². The van der Waals surface area contributed by atoms with Gasteiger partial charge in [0.1, 0.15) is 0 Å². The van der Waals surface area contributed by atoms with E-state index in [1.165, 1.54) is 16.0 Å². The van der Waals surface area contributed by atoms with Crippen LogP contribution in [0.3, 0.4) is 0 Å². The van der Waals surface area contributed by atoms with Crippen molar-refractivity contribution in [2.24, 2.45) is 5.73 Å². The molecule has 7 heteroatoms. The first-order chi connectivity index (χ1) is 15.1. The van der Waals surface area contributed by atoms with Crippen LogP contribution < -0.4 is 21.3 Å². The normalized spacial score (nSPS) is 12.6. The number of carbonyl (C=O) groups is 1. The maximum Gasteiger partial charge on any atom is 0.248 e. The van der Waals surface area contributed by atoms with Gasteiger partial charge in [-0.05, 0) is 60.6 Å². The van der Waals surface area contributed by atoms with Crippen molar-refractivity contribution < 1.29 is 6.22 Å². The van der Waals surface area contributed by atoms with E-state index in [1.54, 1.807) is 11.3 Å². The van der Waals surface area contributed by atoms with E-state index in [-0.39, 0.29) is 22.2 Å². The summed E-state index contributed by atoms with van der Waals surface area (Å²) in [6, 6.07) is 14.2. The van der Waals surface area contributed by atoms with Crippen LogP contribution in [0.1, 0.15) is 48.2 Å². The monoisotopic (exact) mass is 467 g/mol. The number of hydrogen-bond donors (Lipinski definition) is 3. The molecule has 0 saturated heterocycles. The second kappa shape index (κ2) is 12.2. The number of nitrogens with two attached hydrogens (primary N) is 1. The summed E-state index contributed by atoms with van der Waals surface area (Å²) >= 11 is 1.73. The Morgan fingerprint density at radius 2 is 2.00 bits per heavy atom. The number of fused-ring (bicyclic) bond motifs is 1. The summed E-state index contributed by atoms with van der Waals surface area (Å²) in [5, 5.41) is 7.37. The molecule has 0 radical (unpaired) electrons. The smallest absolute Gasteiger partial charge is 0.248 e. The first kappa shape index (κ1) is 26.1. The minimum Gasteiger partial charge on any atom is -0.366 e. The van der Waals surface area contributed by atoms with Crippen LogP contribution in [0.25, 0.3) is 0 Å². The fourth-order valence-electron chi connectivity index (χ4n) is 3.65. The van der Waals surface area contributed by atoms with E-state index in [2.05, 4.69) is 44.8 Å². The third kappa shape index (κ3) is 6.66. The Labute approximate surface area is 203 Å². The molecular formula is C26H37N5OS. The highest BCUT2D eigenvalue weighted by atomic mass is 32.1. The van der Waals surface area contributed by atoms with Gasteiger partial charge in [0.25, 0.3) is 0 Å². The molecule has 0 saturated carbocycles. The van der Waals surface area contributed by atoms with E-state index in [0.29, 0.717) is 5.56 Å². The largest absolute Gasteiger partial charge is 0.366 e. The van der Waals surface area contributed by atoms with Crippen LogP contribution in [-0.2, 0) is 19.4 Å². The molecule has 1 aliphatic heterocycles. The highest BCUT2D eigenvalue weighted by Crippen LogP contribution is 2.30. The number of anilines is 2. The van der Waals surface area contributed by atoms with Crippen LogP contribution in [0.15, 0.2) is 60.9 Å². The molecule has 33 heavy (non-hydrogen) atoms. The van der Waals surface area contributed by atoms with E-state index in [9.17, 15) is 4.79 Å². The third-order valence-corrected chi connectivity index (χ3v) is 6.40. The summed E-state index contributed by atoms with van der Waals surface area (Å²) in [4.78, 5) is 19.7. The number of nitrogens with zero attached hydrogens (tertiary/aromatic N) is 2. The fourth-order valence-corrected chi connectivity index (χ4v) is 4.62. The van der Waals surface area contributed by atoms with Gasteiger partial charge in [-0.3, -0.25) is 4.79 Å². The molecule has 0 atom stereocenters. The van der Waals surface area contributed by atoms with Gasteiger partial charge in [-0.2, -0.15) is 0 Å². The average molecular weight is 468 g/mol. The molecule has 0 aliphatic carbocycles. The summed E-state index contributed by atoms with van der Waals surface area (Å²) in [6.07, 6.45) is 7.77. The second-order valence-electron chi connectivity index (χ2n) is 7.61. The quantitative estimate of drug-likeness (QED) is 0.431. The second-order valence-corrected chi connectivity index (χ2v) is 8.70. The standard InChI is InChI=1S/C24H27N5OS.2CH4.H2/c1-26-10-2-11-27-21-7-3-17(4-8-21)13-22-15-28-24(31-22)29-12-9-18-5-6-19(23(25)30)14-20(18)16-29;;;/h2-8,11,14-15,26-27H,9-10,12-13,16H2,1H3,(H2,25,30);2*1H4;1H/b11-2-;;;. The number of hydrogen-bond acceptors (Lipinski definition) is 6. The van der Waals surface area contributed by atoms with E-state index < -0.39 is 0 Å². The molecule has 4 rings (SSSR count). The first-order valence-corrected chi connectivity index (χ1v) is 11.2. The number of rotatable bonds is 8. The molecule has 178 valence electrons. The maximum atomic E-state index is 11.5. The van der Waals surface area contributed by atoms with Crippen molar-refractivity contribution in [2.45, 2.75) is 34.2 Å². The third-order valence-electron chi connectivity index (χ3n) is 5.34. The highest BCUT2D eigenvalue weighted by Gasteiger charge is 2.20. The SMILES string of the molecule is C.C.CNC/C=C\Nc1ccc(Cc2cnc(N3CCc4ccc(C(N)=O)cc4C3)s2)cc1.[HH]. The number of aromatic nitrogens is 1. The van der Waals surface area contributed by atoms with Gasteiger partial charge in [-0.25, -0.2) is 4.98 Å². The molecule has 0 fully saturated rings. The molecule has 1 aliphatic rings. The van der Waals surface area contributed by atoms with Gasteiger partial charge in [0, 0.05) is 49.8 Å². The summed E-state index contributed by atoms with van der Waals surface area (Å²) < 4.78 is 0. The molecular weight excluding hydrogens is 430 g/mol. The Kier molecular flexibility index (Phi) is 9.63. The lowest BCUT2D eigenvalue weighted by Gasteiger charge is -2.28. The lowest BCUT2D eigenvalue weighted by atomic mass is 9.97. The molecule has 0 bridgehead atoms. The van der Waals surface area contributed by atoms with E-state index in [0.717, 1.165) is 48.9 Å². The minimum absolute atomic E-state index is 0. The Balaban J connectivity index is 0.00000193. The van der Waals surface area contributed by atoms with E-state index in [4.69, 9.17) is 5.73 Å². The number of thiazole rings is 1. The van der Waals surface area contributed by atoms with Gasteiger partial charge >= 0.3 is 0 Å². The Morgan fingerprint density at radius 3 is 2.73 bits per heavy atom. The Bertz CT molecular complexity index is 1080. The van der Waals surface area contributed by atoms with Crippen molar-refractivity contribution in [2.75, 3.05) is 30.4 Å². The van der Waals surface area contributed by atoms with Gasteiger partial charge in [-0.1, -0.05) is 39.1 Å². The van der Waals surface area contributed by atoms with Crippen molar-refractivity contribution in [3.63, 3.8) is 0 Å². The van der Waals surface area contributed by atoms with Crippen LogP contribution in [0.2, 0.25) is 0 Å². The molecule has 6 nitrogen and oxygen atoms in total. The predicted molar refractivity (Wildman–Crippen MR) is 143 cm³/mol. The zero-order chi connectivity index (χ0) is 21.6. The van der Waals surface area contributed by atoms with Crippen LogP contribution in [0.5, 0.6) is 0 Å². The average Bonchev–Trinajstić information content (AvgIpc) is 3.25. The number of nitrogens with one attached hydrogen (secondary N) is 2. The summed E-state index contributed by atoms with van der Waals surface area (Å²) in [7, 11) is 1.92. The van der Waals surface area contributed by atoms with Crippen LogP contribution >= 0.6 is 11.3 Å². The molecule has 4 N–H and O–H groups in total. The summed E-state index contributed by atoms with van der Waals surface area (Å²) in [6.45, 7) is 2.52. The summed E-state index contributed by atoms with van der Waals surface area (Å²) in [5.41, 5.74) is 10.8. The molecule has 1 aromatic heterocycles. The molecule has 2 heterocycles. The molecule has 1 amide bonds. The van der Waals surface area contributed by atoms with E-state index >= 15 is 0 Å². The number of amides is 1. The Morgan fingerprint density at radius 1 is 1.21 bits per heavy atom. The lowest BCUT2D eigenvalue weighted by Crippen LogP contribution is -2.30. The number of primary amides is 1. The van der Waals surface area contributed by atoms with E-state index in [1.807, 2.05) is 43.7 Å². The number of benzene rings is 2. The fraction of sp³-hybridized carbons (Fsp3) is 0.308.